The molecule has 43 heavy (non-hydrogen) atoms. The molecule has 0 unspecified atom stereocenters. The Kier molecular flexibility index (Phi) is 10.5. The fourth-order valence-corrected chi connectivity index (χ4v) is 5.48. The summed E-state index contributed by atoms with van der Waals surface area (Å²) in [7, 11) is -2.94. The monoisotopic (exact) mass is 656 g/mol. The molecule has 2 heterocycles. The van der Waals surface area contributed by atoms with Crippen molar-refractivity contribution in [1.82, 2.24) is 14.8 Å². The van der Waals surface area contributed by atoms with E-state index in [9.17, 15) is 36.6 Å². The number of alkyl halides is 3. The van der Waals surface area contributed by atoms with Gasteiger partial charge in [-0.25, -0.2) is 9.88 Å². The zero-order chi connectivity index (χ0) is 31.3. The zero-order valence-corrected chi connectivity index (χ0v) is 24.6. The summed E-state index contributed by atoms with van der Waals surface area (Å²) in [6.45, 7) is 1.35. The highest BCUT2D eigenvalue weighted by Crippen LogP contribution is 2.37. The van der Waals surface area contributed by atoms with E-state index < -0.39 is 47.0 Å². The van der Waals surface area contributed by atoms with Crippen LogP contribution in [0, 0.1) is 5.92 Å². The molecule has 2 N–H and O–H groups in total. The number of pyridine rings is 1. The van der Waals surface area contributed by atoms with E-state index in [4.69, 9.17) is 11.6 Å². The summed E-state index contributed by atoms with van der Waals surface area (Å²) in [6.07, 6.45) is -4.90. The van der Waals surface area contributed by atoms with Crippen molar-refractivity contribution in [2.45, 2.75) is 42.3 Å². The van der Waals surface area contributed by atoms with Crippen LogP contribution in [0.25, 0.3) is 5.70 Å². The largest absolute Gasteiger partial charge is 0.573 e. The van der Waals surface area contributed by atoms with Crippen LogP contribution >= 0.6 is 23.4 Å². The normalized spacial score (nSPS) is 18.1. The smallest absolute Gasteiger partial charge is 0.403 e. The lowest BCUT2D eigenvalue weighted by Crippen LogP contribution is -2.56. The number of halogens is 4. The predicted molar refractivity (Wildman–Crippen MR) is 151 cm³/mol. The van der Waals surface area contributed by atoms with Crippen LogP contribution in [-0.2, 0) is 21.8 Å². The van der Waals surface area contributed by atoms with Crippen molar-refractivity contribution in [3.63, 3.8) is 0 Å². The van der Waals surface area contributed by atoms with Crippen LogP contribution in [0.5, 0.6) is 5.75 Å². The summed E-state index contributed by atoms with van der Waals surface area (Å²) in [6, 6.07) is 16.0. The van der Waals surface area contributed by atoms with Gasteiger partial charge in [-0.3, -0.25) is 4.79 Å². The third kappa shape index (κ3) is 8.78. The molecule has 1 aromatic heterocycles. The van der Waals surface area contributed by atoms with Gasteiger partial charge in [0.1, 0.15) is 11.3 Å². The molecule has 0 spiro atoms. The maximum absolute atomic E-state index is 12.8. The van der Waals surface area contributed by atoms with Crippen molar-refractivity contribution < 1.29 is 41.3 Å². The van der Waals surface area contributed by atoms with Gasteiger partial charge in [0.2, 0.25) is 0 Å². The van der Waals surface area contributed by atoms with E-state index in [1.54, 1.807) is 53.4 Å². The fourth-order valence-electron chi connectivity index (χ4n) is 4.21. The van der Waals surface area contributed by atoms with Gasteiger partial charge in [0.05, 0.1) is 5.92 Å². The molecular formula is C27H24ClF3N4O6S2. The van der Waals surface area contributed by atoms with Gasteiger partial charge >= 0.3 is 16.9 Å². The Labute approximate surface area is 255 Å². The van der Waals surface area contributed by atoms with E-state index in [-0.39, 0.29) is 18.1 Å². The highest BCUT2D eigenvalue weighted by molar-refractivity contribution is 7.99. The molecule has 2 aromatic carbocycles. The number of nitrogens with zero attached hydrogens (tertiary/aromatic N) is 4. The lowest BCUT2D eigenvalue weighted by molar-refractivity contribution is -0.275. The average Bonchev–Trinajstić information content (AvgIpc) is 2.94. The number of ether oxygens (including phenoxy) is 1. The Hall–Kier alpha value is -3.47. The number of aromatic nitrogens is 1. The maximum Gasteiger partial charge on any atom is 0.573 e. The van der Waals surface area contributed by atoms with Crippen LogP contribution < -0.4 is 4.74 Å². The predicted octanol–water partition coefficient (Wildman–Crippen LogP) is 4.76. The minimum Gasteiger partial charge on any atom is -0.403 e. The minimum absolute atomic E-state index is 0.00604. The number of hydrogen-bond donors (Lipinski definition) is 2. The summed E-state index contributed by atoms with van der Waals surface area (Å²) in [5.41, 5.74) is 1.74. The minimum atomic E-state index is -4.88. The van der Waals surface area contributed by atoms with Crippen molar-refractivity contribution in [2.75, 3.05) is 6.54 Å². The lowest BCUT2D eigenvalue weighted by atomic mass is 10.1. The topological polar surface area (TPSA) is 133 Å². The molecule has 0 saturated heterocycles. The lowest BCUT2D eigenvalue weighted by Gasteiger charge is -2.45. The Morgan fingerprint density at radius 3 is 2.44 bits per heavy atom. The molecule has 0 radical (unpaired) electrons. The van der Waals surface area contributed by atoms with Crippen LogP contribution in [0.4, 0.5) is 13.2 Å². The molecule has 10 nitrogen and oxygen atoms in total. The molecule has 1 amide bonds. The number of aliphatic hydroxyl groups is 2. The number of carbonyl (C=O) groups is 1. The molecule has 16 heteroatoms. The molecule has 4 rings (SSSR count). The first-order valence-corrected chi connectivity index (χ1v) is 14.7. The number of benzene rings is 2. The van der Waals surface area contributed by atoms with E-state index in [0.717, 1.165) is 23.4 Å². The van der Waals surface area contributed by atoms with Crippen LogP contribution in [0.15, 0.2) is 87.2 Å². The summed E-state index contributed by atoms with van der Waals surface area (Å²) in [5, 5.41) is 22.8. The van der Waals surface area contributed by atoms with Crippen LogP contribution in [-0.4, -0.2) is 64.8 Å². The first kappa shape index (κ1) is 32.4. The Bertz CT molecular complexity index is 1610. The summed E-state index contributed by atoms with van der Waals surface area (Å²) in [5.74, 6) is -2.35. The number of amides is 1. The molecular weight excluding hydrogens is 633 g/mol. The summed E-state index contributed by atoms with van der Waals surface area (Å²) < 4.78 is 67.2. The standard InChI is InChI=1S/C27H24ClF3N4O6S2/c1-16(24(37)33-43(39)40)14-35-23(36)13-21(34(26(35)38)15-17-4-8-19(28)9-5-17)18-6-10-20(11-7-18)42-25-22(3-2-12-32-25)41-27(29,30)31/h2-13,16,23,26,36,38H,14-15H2,1H3/t16-,23-,26-/m0/s1. The Morgan fingerprint density at radius 1 is 1.14 bits per heavy atom. The van der Waals surface area contributed by atoms with Crippen LogP contribution in [0.3, 0.4) is 0 Å². The quantitative estimate of drug-likeness (QED) is 0.332. The molecule has 0 saturated carbocycles. The fraction of sp³-hybridized carbons (Fsp3) is 0.259. The molecule has 0 fully saturated rings. The highest BCUT2D eigenvalue weighted by Gasteiger charge is 2.36. The van der Waals surface area contributed by atoms with Gasteiger partial charge < -0.3 is 19.8 Å². The molecule has 0 bridgehead atoms. The molecule has 1 aliphatic heterocycles. The Balaban J connectivity index is 1.63. The average molecular weight is 657 g/mol. The van der Waals surface area contributed by atoms with E-state index in [2.05, 4.69) is 14.1 Å². The van der Waals surface area contributed by atoms with Gasteiger partial charge in [0, 0.05) is 34.9 Å². The van der Waals surface area contributed by atoms with Gasteiger partial charge in [-0.05, 0) is 53.6 Å². The number of hydrogen-bond acceptors (Lipinski definition) is 10. The van der Waals surface area contributed by atoms with E-state index in [1.807, 2.05) is 0 Å². The van der Waals surface area contributed by atoms with Gasteiger partial charge in [0.25, 0.3) is 5.91 Å². The van der Waals surface area contributed by atoms with Crippen LogP contribution in [0.2, 0.25) is 5.02 Å². The Morgan fingerprint density at radius 2 is 1.81 bits per heavy atom. The molecule has 228 valence electrons. The van der Waals surface area contributed by atoms with Crippen molar-refractivity contribution in [2.24, 2.45) is 10.3 Å². The third-order valence-electron chi connectivity index (χ3n) is 6.20. The zero-order valence-electron chi connectivity index (χ0n) is 22.2. The maximum atomic E-state index is 12.8. The number of rotatable bonds is 9. The summed E-state index contributed by atoms with van der Waals surface area (Å²) >= 11 is 6.97. The first-order chi connectivity index (χ1) is 20.3. The van der Waals surface area contributed by atoms with Gasteiger partial charge in [-0.15, -0.1) is 13.2 Å². The van der Waals surface area contributed by atoms with E-state index in [0.29, 0.717) is 21.2 Å². The van der Waals surface area contributed by atoms with E-state index >= 15 is 0 Å². The van der Waals surface area contributed by atoms with Crippen LogP contribution in [0.1, 0.15) is 18.1 Å². The van der Waals surface area contributed by atoms with Crippen molar-refractivity contribution in [3.8, 4) is 5.75 Å². The second kappa shape index (κ2) is 13.9. The van der Waals surface area contributed by atoms with Crippen molar-refractivity contribution in [3.05, 3.63) is 89.1 Å². The summed E-state index contributed by atoms with van der Waals surface area (Å²) in [4.78, 5) is 19.4. The van der Waals surface area contributed by atoms with Crippen molar-refractivity contribution >= 4 is 45.5 Å². The highest BCUT2D eigenvalue weighted by atomic mass is 35.5. The number of carbonyl (C=O) groups excluding carboxylic acids is 1. The molecule has 1 aliphatic rings. The first-order valence-electron chi connectivity index (χ1n) is 12.5. The van der Waals surface area contributed by atoms with Gasteiger partial charge in [-0.2, -0.15) is 8.42 Å². The third-order valence-corrected chi connectivity index (χ3v) is 7.78. The molecule has 3 atom stereocenters. The SMILES string of the molecule is C[C@@H](CN1[C@@H](O)C=C(c2ccc(Sc3ncccc3OC(F)(F)F)cc2)N(Cc2ccc(Cl)cc2)[C@@H]1O)C(=O)N=S(=O)=O. The second-order valence-corrected chi connectivity index (χ2v) is 11.4. The number of aliphatic hydroxyl groups excluding tert-OH is 2. The molecule has 0 aliphatic carbocycles. The molecule has 3 aromatic rings. The van der Waals surface area contributed by atoms with Gasteiger partial charge in [-0.1, -0.05) is 58.9 Å². The van der Waals surface area contributed by atoms with Crippen molar-refractivity contribution in [1.29, 1.82) is 0 Å². The second-order valence-electron chi connectivity index (χ2n) is 9.29. The van der Waals surface area contributed by atoms with E-state index in [1.165, 1.54) is 30.2 Å². The van der Waals surface area contributed by atoms with Gasteiger partial charge in [0.15, 0.2) is 12.1 Å².